The molecule has 4 heteroatoms. The molecule has 2 nitrogen and oxygen atoms in total. The van der Waals surface area contributed by atoms with Gasteiger partial charge in [0, 0.05) is 17.7 Å². The fourth-order valence-corrected chi connectivity index (χ4v) is 1.37. The molecular formula is C13H10F2O2. The third kappa shape index (κ3) is 2.93. The zero-order valence-corrected chi connectivity index (χ0v) is 8.86. The van der Waals surface area contributed by atoms with E-state index in [1.54, 1.807) is 6.07 Å². The fraction of sp³-hybridized carbons (Fsp3) is 0.0769. The molecule has 1 N–H and O–H groups in total. The van der Waals surface area contributed by atoms with E-state index in [2.05, 4.69) is 0 Å². The van der Waals surface area contributed by atoms with E-state index in [1.165, 1.54) is 30.3 Å². The van der Waals surface area contributed by atoms with E-state index >= 15 is 0 Å². The fourth-order valence-electron chi connectivity index (χ4n) is 1.37. The molecule has 0 spiro atoms. The Hall–Kier alpha value is -2.10. The summed E-state index contributed by atoms with van der Waals surface area (Å²) < 4.78 is 31.4. The normalized spacial score (nSPS) is 10.2. The highest BCUT2D eigenvalue weighted by Crippen LogP contribution is 2.18. The lowest BCUT2D eigenvalue weighted by atomic mass is 10.2. The molecule has 0 radical (unpaired) electrons. The van der Waals surface area contributed by atoms with Crippen LogP contribution in [0.1, 0.15) is 5.56 Å². The van der Waals surface area contributed by atoms with Gasteiger partial charge in [0.25, 0.3) is 0 Å². The Bertz CT molecular complexity index is 527. The largest absolute Gasteiger partial charge is 0.508 e. The zero-order valence-electron chi connectivity index (χ0n) is 8.86. The minimum absolute atomic E-state index is 0.0183. The molecule has 2 rings (SSSR count). The van der Waals surface area contributed by atoms with Crippen LogP contribution in [0.4, 0.5) is 8.78 Å². The molecule has 2 aromatic rings. The first-order valence-corrected chi connectivity index (χ1v) is 5.01. The predicted octanol–water partition coefficient (Wildman–Crippen LogP) is 3.25. The van der Waals surface area contributed by atoms with Crippen molar-refractivity contribution in [2.75, 3.05) is 0 Å². The molecule has 88 valence electrons. The number of hydrogen-bond acceptors (Lipinski definition) is 2. The molecule has 0 saturated heterocycles. The topological polar surface area (TPSA) is 29.5 Å². The van der Waals surface area contributed by atoms with Crippen LogP contribution in [0, 0.1) is 11.6 Å². The van der Waals surface area contributed by atoms with Crippen LogP contribution >= 0.6 is 0 Å². The van der Waals surface area contributed by atoms with Gasteiger partial charge >= 0.3 is 0 Å². The third-order valence-electron chi connectivity index (χ3n) is 2.23. The number of hydrogen-bond donors (Lipinski definition) is 1. The van der Waals surface area contributed by atoms with Crippen LogP contribution in [-0.4, -0.2) is 5.11 Å². The standard InChI is InChI=1S/C13H10F2O2/c14-10-2-1-3-12(6-10)17-8-9-4-5-11(16)7-13(9)15/h1-7,16H,8H2. The van der Waals surface area contributed by atoms with Crippen LogP contribution in [0.3, 0.4) is 0 Å². The minimum atomic E-state index is -0.554. The molecule has 17 heavy (non-hydrogen) atoms. The Kier molecular flexibility index (Phi) is 3.23. The lowest BCUT2D eigenvalue weighted by Gasteiger charge is -2.07. The maximum atomic E-state index is 13.3. The van der Waals surface area contributed by atoms with E-state index in [1.807, 2.05) is 0 Å². The monoisotopic (exact) mass is 236 g/mol. The Morgan fingerprint density at radius 2 is 1.88 bits per heavy atom. The molecule has 2 aromatic carbocycles. The van der Waals surface area contributed by atoms with Gasteiger partial charge in [-0.05, 0) is 24.3 Å². The highest BCUT2D eigenvalue weighted by molar-refractivity contribution is 5.28. The average Bonchev–Trinajstić information content (AvgIpc) is 2.28. The highest BCUT2D eigenvalue weighted by atomic mass is 19.1. The molecule has 0 aromatic heterocycles. The van der Waals surface area contributed by atoms with Crippen LogP contribution in [0.2, 0.25) is 0 Å². The van der Waals surface area contributed by atoms with Gasteiger partial charge in [-0.3, -0.25) is 0 Å². The van der Waals surface area contributed by atoms with Crippen LogP contribution in [0.5, 0.6) is 11.5 Å². The number of phenols is 1. The number of aromatic hydroxyl groups is 1. The van der Waals surface area contributed by atoms with Gasteiger partial charge in [-0.2, -0.15) is 0 Å². The van der Waals surface area contributed by atoms with Crippen molar-refractivity contribution in [3.8, 4) is 11.5 Å². The number of ether oxygens (including phenoxy) is 1. The first-order valence-electron chi connectivity index (χ1n) is 5.01. The van der Waals surface area contributed by atoms with Gasteiger partial charge in [-0.15, -0.1) is 0 Å². The second-order valence-electron chi connectivity index (χ2n) is 3.52. The number of rotatable bonds is 3. The Morgan fingerprint density at radius 3 is 2.59 bits per heavy atom. The summed E-state index contributed by atoms with van der Waals surface area (Å²) in [4.78, 5) is 0. The van der Waals surface area contributed by atoms with Crippen molar-refractivity contribution in [1.29, 1.82) is 0 Å². The van der Waals surface area contributed by atoms with Gasteiger partial charge in [-0.25, -0.2) is 8.78 Å². The summed E-state index contributed by atoms with van der Waals surface area (Å²) in [6.07, 6.45) is 0. The van der Waals surface area contributed by atoms with E-state index < -0.39 is 11.6 Å². The van der Waals surface area contributed by atoms with E-state index in [-0.39, 0.29) is 12.4 Å². The van der Waals surface area contributed by atoms with Crippen molar-refractivity contribution < 1.29 is 18.6 Å². The second kappa shape index (κ2) is 4.82. The Labute approximate surface area is 97.1 Å². The molecule has 0 aliphatic heterocycles. The lowest BCUT2D eigenvalue weighted by molar-refractivity contribution is 0.298. The summed E-state index contributed by atoms with van der Waals surface area (Å²) in [5.41, 5.74) is 0.298. The molecule has 0 heterocycles. The second-order valence-corrected chi connectivity index (χ2v) is 3.52. The molecule has 0 bridgehead atoms. The van der Waals surface area contributed by atoms with Gasteiger partial charge < -0.3 is 9.84 Å². The van der Waals surface area contributed by atoms with E-state index in [9.17, 15) is 8.78 Å². The number of benzene rings is 2. The molecule has 0 amide bonds. The van der Waals surface area contributed by atoms with E-state index in [4.69, 9.17) is 9.84 Å². The molecule has 0 fully saturated rings. The van der Waals surface area contributed by atoms with Crippen molar-refractivity contribution >= 4 is 0 Å². The van der Waals surface area contributed by atoms with E-state index in [0.29, 0.717) is 11.3 Å². The van der Waals surface area contributed by atoms with Crippen molar-refractivity contribution in [2.45, 2.75) is 6.61 Å². The molecular weight excluding hydrogens is 226 g/mol. The third-order valence-corrected chi connectivity index (χ3v) is 2.23. The first-order chi connectivity index (χ1) is 8.15. The number of phenolic OH excluding ortho intramolecular Hbond substituents is 1. The van der Waals surface area contributed by atoms with Crippen LogP contribution < -0.4 is 4.74 Å². The summed E-state index contributed by atoms with van der Waals surface area (Å²) in [7, 11) is 0. The first kappa shape index (κ1) is 11.4. The molecule has 0 atom stereocenters. The summed E-state index contributed by atoms with van der Waals surface area (Å²) in [6.45, 7) is -0.0183. The summed E-state index contributed by atoms with van der Waals surface area (Å²) in [5.74, 6) is -0.774. The SMILES string of the molecule is Oc1ccc(COc2cccc(F)c2)c(F)c1. The quantitative estimate of drug-likeness (QED) is 0.886. The zero-order chi connectivity index (χ0) is 12.3. The molecule has 0 unspecified atom stereocenters. The van der Waals surface area contributed by atoms with Gasteiger partial charge in [0.05, 0.1) is 0 Å². The van der Waals surface area contributed by atoms with Crippen LogP contribution in [0.25, 0.3) is 0 Å². The van der Waals surface area contributed by atoms with Crippen LogP contribution in [-0.2, 0) is 6.61 Å². The Balaban J connectivity index is 2.07. The van der Waals surface area contributed by atoms with Gasteiger partial charge in [-0.1, -0.05) is 6.07 Å². The molecule has 0 saturated carbocycles. The Morgan fingerprint density at radius 1 is 1.06 bits per heavy atom. The highest BCUT2D eigenvalue weighted by Gasteiger charge is 2.04. The van der Waals surface area contributed by atoms with Gasteiger partial charge in [0.2, 0.25) is 0 Å². The smallest absolute Gasteiger partial charge is 0.133 e. The maximum absolute atomic E-state index is 13.3. The number of halogens is 2. The molecule has 0 aliphatic carbocycles. The van der Waals surface area contributed by atoms with Crippen LogP contribution in [0.15, 0.2) is 42.5 Å². The predicted molar refractivity (Wildman–Crippen MR) is 58.8 cm³/mol. The van der Waals surface area contributed by atoms with E-state index in [0.717, 1.165) is 6.07 Å². The van der Waals surface area contributed by atoms with Crippen molar-refractivity contribution in [2.24, 2.45) is 0 Å². The summed E-state index contributed by atoms with van der Waals surface area (Å²) >= 11 is 0. The average molecular weight is 236 g/mol. The van der Waals surface area contributed by atoms with Crippen molar-refractivity contribution in [3.05, 3.63) is 59.7 Å². The lowest BCUT2D eigenvalue weighted by Crippen LogP contribution is -1.98. The summed E-state index contributed by atoms with van der Waals surface area (Å²) in [5, 5.41) is 9.03. The van der Waals surface area contributed by atoms with Gasteiger partial charge in [0.1, 0.15) is 29.7 Å². The minimum Gasteiger partial charge on any atom is -0.508 e. The van der Waals surface area contributed by atoms with Crippen molar-refractivity contribution in [3.63, 3.8) is 0 Å². The maximum Gasteiger partial charge on any atom is 0.133 e. The van der Waals surface area contributed by atoms with Crippen molar-refractivity contribution in [1.82, 2.24) is 0 Å². The van der Waals surface area contributed by atoms with Gasteiger partial charge in [0.15, 0.2) is 0 Å². The summed E-state index contributed by atoms with van der Waals surface area (Å²) in [6, 6.07) is 9.41. The molecule has 0 aliphatic rings.